The van der Waals surface area contributed by atoms with E-state index in [9.17, 15) is 4.79 Å². The van der Waals surface area contributed by atoms with E-state index in [2.05, 4.69) is 14.9 Å². The molecule has 0 bridgehead atoms. The van der Waals surface area contributed by atoms with Gasteiger partial charge in [-0.3, -0.25) is 19.2 Å². The van der Waals surface area contributed by atoms with Crippen molar-refractivity contribution in [1.82, 2.24) is 29.5 Å². The Balaban J connectivity index is 1.82. The Labute approximate surface area is 165 Å². The fourth-order valence-corrected chi connectivity index (χ4v) is 3.31. The van der Waals surface area contributed by atoms with Gasteiger partial charge in [0.15, 0.2) is 10.6 Å². The molecule has 2 heterocycles. The Bertz CT molecular complexity index is 847. The van der Waals surface area contributed by atoms with Gasteiger partial charge in [0, 0.05) is 29.5 Å². The topological polar surface area (TPSA) is 68.0 Å². The minimum Gasteiger partial charge on any atom is -0.350 e. The van der Waals surface area contributed by atoms with Crippen molar-refractivity contribution in [2.75, 3.05) is 13.1 Å². The van der Waals surface area contributed by atoms with E-state index < -0.39 is 0 Å². The number of rotatable bonds is 7. The van der Waals surface area contributed by atoms with Crippen LogP contribution < -0.4 is 5.32 Å². The molecule has 3 rings (SSSR count). The van der Waals surface area contributed by atoms with E-state index in [0.717, 1.165) is 30.8 Å². The van der Waals surface area contributed by atoms with E-state index in [1.165, 1.54) is 0 Å². The average Bonchev–Trinajstić information content (AvgIpc) is 3.38. The van der Waals surface area contributed by atoms with E-state index in [-0.39, 0.29) is 11.4 Å². The summed E-state index contributed by atoms with van der Waals surface area (Å²) in [6.45, 7) is 9.51. The third kappa shape index (κ3) is 5.01. The minimum atomic E-state index is -0.242. The molecule has 0 radical (unpaired) electrons. The quantitative estimate of drug-likeness (QED) is 0.739. The van der Waals surface area contributed by atoms with Crippen molar-refractivity contribution in [2.24, 2.45) is 0 Å². The Kier molecular flexibility index (Phi) is 5.76. The summed E-state index contributed by atoms with van der Waals surface area (Å²) in [5.41, 5.74) is 0.719. The summed E-state index contributed by atoms with van der Waals surface area (Å²) in [5.74, 6) is 0.857. The molecule has 7 nitrogen and oxygen atoms in total. The zero-order valence-electron chi connectivity index (χ0n) is 16.5. The molecule has 1 amide bonds. The lowest BCUT2D eigenvalue weighted by Crippen LogP contribution is -2.46. The van der Waals surface area contributed by atoms with Crippen LogP contribution in [0.4, 0.5) is 0 Å². The first-order chi connectivity index (χ1) is 12.8. The molecule has 1 fully saturated rings. The number of carbonyl (C=O) groups excluding carboxylic acids is 1. The second kappa shape index (κ2) is 7.90. The zero-order chi connectivity index (χ0) is 19.6. The Morgan fingerprint density at radius 2 is 2.15 bits per heavy atom. The number of nitrogens with zero attached hydrogens (tertiary/aromatic N) is 5. The first-order valence-electron chi connectivity index (χ1n) is 9.41. The highest BCUT2D eigenvalue weighted by atomic mass is 32.1. The molecule has 146 valence electrons. The molecule has 0 spiro atoms. The van der Waals surface area contributed by atoms with Gasteiger partial charge in [-0.25, -0.2) is 4.68 Å². The second-order valence-corrected chi connectivity index (χ2v) is 8.40. The lowest BCUT2D eigenvalue weighted by atomic mass is 10.1. The van der Waals surface area contributed by atoms with Crippen LogP contribution in [0, 0.1) is 4.77 Å². The summed E-state index contributed by atoms with van der Waals surface area (Å²) in [6.07, 6.45) is 5.81. The summed E-state index contributed by atoms with van der Waals surface area (Å²) >= 11 is 5.71. The Morgan fingerprint density at radius 3 is 2.70 bits per heavy atom. The van der Waals surface area contributed by atoms with Crippen molar-refractivity contribution in [1.29, 1.82) is 0 Å². The van der Waals surface area contributed by atoms with Gasteiger partial charge < -0.3 is 5.32 Å². The number of hydrogen-bond acceptors (Lipinski definition) is 5. The molecule has 2 aromatic rings. The maximum atomic E-state index is 12.3. The first kappa shape index (κ1) is 19.7. The number of amides is 1. The lowest BCUT2D eigenvalue weighted by Gasteiger charge is -2.24. The van der Waals surface area contributed by atoms with Crippen LogP contribution in [0.15, 0.2) is 24.5 Å². The molecule has 27 heavy (non-hydrogen) atoms. The van der Waals surface area contributed by atoms with Crippen molar-refractivity contribution in [3.63, 3.8) is 0 Å². The summed E-state index contributed by atoms with van der Waals surface area (Å²) in [5, 5.41) is 7.78. The van der Waals surface area contributed by atoms with Crippen LogP contribution in [-0.4, -0.2) is 48.8 Å². The van der Waals surface area contributed by atoms with Crippen molar-refractivity contribution < 1.29 is 4.79 Å². The van der Waals surface area contributed by atoms with Crippen LogP contribution in [0.5, 0.6) is 0 Å². The van der Waals surface area contributed by atoms with Gasteiger partial charge in [-0.2, -0.15) is 5.10 Å². The molecule has 0 atom stereocenters. The van der Waals surface area contributed by atoms with Crippen LogP contribution >= 0.6 is 12.2 Å². The predicted octanol–water partition coefficient (Wildman–Crippen LogP) is 3.01. The highest BCUT2D eigenvalue weighted by Gasteiger charge is 2.29. The van der Waals surface area contributed by atoms with Crippen molar-refractivity contribution in [3.8, 4) is 11.4 Å². The van der Waals surface area contributed by atoms with E-state index in [1.807, 2.05) is 55.6 Å². The molecule has 1 aliphatic carbocycles. The maximum Gasteiger partial charge on any atom is 0.234 e. The third-order valence-corrected chi connectivity index (χ3v) is 4.77. The number of aromatic nitrogens is 4. The highest BCUT2D eigenvalue weighted by molar-refractivity contribution is 7.71. The summed E-state index contributed by atoms with van der Waals surface area (Å²) < 4.78 is 4.66. The number of carbonyl (C=O) groups is 1. The lowest BCUT2D eigenvalue weighted by molar-refractivity contribution is -0.124. The second-order valence-electron chi connectivity index (χ2n) is 8.03. The molecule has 2 aromatic heterocycles. The van der Waals surface area contributed by atoms with Crippen LogP contribution in [0.2, 0.25) is 0 Å². The zero-order valence-corrected chi connectivity index (χ0v) is 17.3. The molecule has 1 saturated carbocycles. The van der Waals surface area contributed by atoms with Gasteiger partial charge in [-0.15, -0.1) is 0 Å². The normalized spacial score (nSPS) is 14.6. The van der Waals surface area contributed by atoms with E-state index in [1.54, 1.807) is 6.20 Å². The van der Waals surface area contributed by atoms with Crippen LogP contribution in [-0.2, 0) is 11.5 Å². The summed E-state index contributed by atoms with van der Waals surface area (Å²) in [7, 11) is 0. The minimum absolute atomic E-state index is 0.00461. The highest BCUT2D eigenvalue weighted by Crippen LogP contribution is 2.38. The first-order valence-corrected chi connectivity index (χ1v) is 9.82. The molecule has 8 heteroatoms. The number of nitrogens with one attached hydrogen (secondary N) is 1. The van der Waals surface area contributed by atoms with Gasteiger partial charge in [-0.05, 0) is 64.5 Å². The van der Waals surface area contributed by atoms with Crippen LogP contribution in [0.3, 0.4) is 0 Å². The molecule has 0 saturated heterocycles. The van der Waals surface area contributed by atoms with Gasteiger partial charge in [0.05, 0.1) is 13.2 Å². The van der Waals surface area contributed by atoms with E-state index >= 15 is 0 Å². The molecule has 0 aliphatic heterocycles. The summed E-state index contributed by atoms with van der Waals surface area (Å²) in [4.78, 5) is 18.5. The standard InChI is InChI=1S/C19H28N6OS/c1-5-23(12-16(26)21-19(2,3)4)13-24-18(27)25(15-8-9-15)17(22-24)14-7-6-10-20-11-14/h6-7,10-11,15H,5,8-9,12-13H2,1-4H3,(H,21,26). The van der Waals surface area contributed by atoms with E-state index in [0.29, 0.717) is 24.0 Å². The molecular formula is C19H28N6OS. The molecule has 0 unspecified atom stereocenters. The molecular weight excluding hydrogens is 360 g/mol. The maximum absolute atomic E-state index is 12.3. The SMILES string of the molecule is CCN(CC(=O)NC(C)(C)C)Cn1nc(-c2cccnc2)n(C2CC2)c1=S. The van der Waals surface area contributed by atoms with Gasteiger partial charge >= 0.3 is 0 Å². The van der Waals surface area contributed by atoms with Crippen molar-refractivity contribution in [3.05, 3.63) is 29.3 Å². The summed E-state index contributed by atoms with van der Waals surface area (Å²) in [6, 6.07) is 4.33. The van der Waals surface area contributed by atoms with E-state index in [4.69, 9.17) is 17.3 Å². The monoisotopic (exact) mass is 388 g/mol. The predicted molar refractivity (Wildman–Crippen MR) is 108 cm³/mol. The molecule has 0 aromatic carbocycles. The van der Waals surface area contributed by atoms with Gasteiger partial charge in [0.1, 0.15) is 0 Å². The van der Waals surface area contributed by atoms with Gasteiger partial charge in [-0.1, -0.05) is 6.92 Å². The van der Waals surface area contributed by atoms with Crippen molar-refractivity contribution >= 4 is 18.1 Å². The Hall–Kier alpha value is -2.06. The largest absolute Gasteiger partial charge is 0.350 e. The third-order valence-electron chi connectivity index (χ3n) is 4.37. The number of pyridine rings is 1. The average molecular weight is 389 g/mol. The fourth-order valence-electron chi connectivity index (χ4n) is 2.98. The number of likely N-dealkylation sites (N-methyl/N-ethyl adjacent to an activating group) is 1. The number of hydrogen-bond donors (Lipinski definition) is 1. The smallest absolute Gasteiger partial charge is 0.234 e. The Morgan fingerprint density at radius 1 is 1.41 bits per heavy atom. The van der Waals surface area contributed by atoms with Gasteiger partial charge in [0.25, 0.3) is 0 Å². The van der Waals surface area contributed by atoms with Crippen LogP contribution in [0.1, 0.15) is 46.6 Å². The molecule has 1 N–H and O–H groups in total. The van der Waals surface area contributed by atoms with Crippen molar-refractivity contribution in [2.45, 2.75) is 58.8 Å². The fraction of sp³-hybridized carbons (Fsp3) is 0.579. The van der Waals surface area contributed by atoms with Crippen LogP contribution in [0.25, 0.3) is 11.4 Å². The molecule has 1 aliphatic rings. The van der Waals surface area contributed by atoms with Gasteiger partial charge in [0.2, 0.25) is 5.91 Å².